The van der Waals surface area contributed by atoms with E-state index in [1.54, 1.807) is 0 Å². The summed E-state index contributed by atoms with van der Waals surface area (Å²) >= 11 is 0. The number of carbonyl (C=O) groups is 1. The number of rotatable bonds is 5. The fourth-order valence-corrected chi connectivity index (χ4v) is 2.93. The van der Waals surface area contributed by atoms with Crippen LogP contribution in [0.25, 0.3) is 0 Å². The quantitative estimate of drug-likeness (QED) is 0.902. The van der Waals surface area contributed by atoms with Gasteiger partial charge in [-0.25, -0.2) is 4.79 Å². The van der Waals surface area contributed by atoms with Gasteiger partial charge in [-0.1, -0.05) is 30.3 Å². The summed E-state index contributed by atoms with van der Waals surface area (Å²) in [5.74, 6) is 0. The van der Waals surface area contributed by atoms with Crippen LogP contribution >= 0.6 is 0 Å². The van der Waals surface area contributed by atoms with Gasteiger partial charge in [0.1, 0.15) is 5.60 Å². The van der Waals surface area contributed by atoms with Crippen LogP contribution < -0.4 is 5.32 Å². The number of ether oxygens (including phenoxy) is 1. The lowest BCUT2D eigenvalue weighted by atomic mass is 10.0. The number of likely N-dealkylation sites (tertiary alicyclic amines) is 1. The Labute approximate surface area is 140 Å². The van der Waals surface area contributed by atoms with E-state index in [4.69, 9.17) is 4.74 Å². The van der Waals surface area contributed by atoms with E-state index >= 15 is 0 Å². The lowest BCUT2D eigenvalue weighted by Crippen LogP contribution is -2.46. The fourth-order valence-electron chi connectivity index (χ4n) is 2.93. The number of aryl methyl sites for hydroxylation is 1. The number of nitrogens with zero attached hydrogens (tertiary/aromatic N) is 1. The molecule has 0 aliphatic carbocycles. The van der Waals surface area contributed by atoms with Gasteiger partial charge in [-0.3, -0.25) is 0 Å². The molecule has 1 saturated heterocycles. The molecule has 1 aliphatic heterocycles. The van der Waals surface area contributed by atoms with Crippen LogP contribution in [0.3, 0.4) is 0 Å². The van der Waals surface area contributed by atoms with E-state index in [1.165, 1.54) is 12.0 Å². The first-order chi connectivity index (χ1) is 10.9. The Hall–Kier alpha value is -1.55. The van der Waals surface area contributed by atoms with Gasteiger partial charge in [0.15, 0.2) is 0 Å². The number of carbonyl (C=O) groups excluding carboxylic acids is 1. The van der Waals surface area contributed by atoms with Crippen molar-refractivity contribution in [2.45, 2.75) is 58.1 Å². The minimum Gasteiger partial charge on any atom is -0.444 e. The maximum atomic E-state index is 11.8. The lowest BCUT2D eigenvalue weighted by molar-refractivity contribution is 0.0479. The Morgan fingerprint density at radius 3 is 2.48 bits per heavy atom. The van der Waals surface area contributed by atoms with E-state index in [9.17, 15) is 4.79 Å². The van der Waals surface area contributed by atoms with Gasteiger partial charge in [0.25, 0.3) is 0 Å². The Bertz CT molecular complexity index is 474. The van der Waals surface area contributed by atoms with Crippen molar-refractivity contribution in [2.24, 2.45) is 0 Å². The second kappa shape index (κ2) is 8.34. The number of amides is 1. The van der Waals surface area contributed by atoms with Crippen LogP contribution in [0, 0.1) is 0 Å². The molecule has 2 rings (SSSR count). The molecule has 0 spiro atoms. The molecule has 1 aromatic rings. The summed E-state index contributed by atoms with van der Waals surface area (Å²) in [4.78, 5) is 14.3. The van der Waals surface area contributed by atoms with Crippen molar-refractivity contribution in [3.8, 4) is 0 Å². The molecule has 1 N–H and O–H groups in total. The van der Waals surface area contributed by atoms with Crippen LogP contribution in [-0.2, 0) is 11.2 Å². The minimum absolute atomic E-state index is 0.246. The summed E-state index contributed by atoms with van der Waals surface area (Å²) in [5, 5.41) is 2.99. The van der Waals surface area contributed by atoms with Crippen molar-refractivity contribution in [3.05, 3.63) is 35.9 Å². The predicted octanol–water partition coefficient (Wildman–Crippen LogP) is 3.61. The average molecular weight is 318 g/mol. The normalized spacial score (nSPS) is 17.0. The number of hydrogen-bond donors (Lipinski definition) is 1. The highest BCUT2D eigenvalue weighted by molar-refractivity contribution is 5.68. The molecule has 0 saturated carbocycles. The topological polar surface area (TPSA) is 41.6 Å². The zero-order chi connectivity index (χ0) is 16.7. The number of nitrogens with one attached hydrogen (secondary N) is 1. The zero-order valence-corrected chi connectivity index (χ0v) is 14.7. The Morgan fingerprint density at radius 2 is 1.87 bits per heavy atom. The van der Waals surface area contributed by atoms with Crippen molar-refractivity contribution in [1.82, 2.24) is 10.2 Å². The van der Waals surface area contributed by atoms with Crippen molar-refractivity contribution in [2.75, 3.05) is 19.6 Å². The van der Waals surface area contributed by atoms with Crippen LogP contribution in [-0.4, -0.2) is 42.3 Å². The highest BCUT2D eigenvalue weighted by Gasteiger charge is 2.23. The van der Waals surface area contributed by atoms with E-state index in [2.05, 4.69) is 40.5 Å². The molecule has 4 nitrogen and oxygen atoms in total. The van der Waals surface area contributed by atoms with Crippen LogP contribution in [0.15, 0.2) is 30.3 Å². The molecule has 23 heavy (non-hydrogen) atoms. The van der Waals surface area contributed by atoms with Gasteiger partial charge in [0.05, 0.1) is 0 Å². The zero-order valence-electron chi connectivity index (χ0n) is 14.7. The molecule has 0 radical (unpaired) electrons. The van der Waals surface area contributed by atoms with E-state index in [0.717, 1.165) is 38.9 Å². The van der Waals surface area contributed by atoms with Gasteiger partial charge in [-0.05, 0) is 58.6 Å². The third kappa shape index (κ3) is 7.04. The largest absolute Gasteiger partial charge is 0.444 e. The van der Waals surface area contributed by atoms with Crippen molar-refractivity contribution < 1.29 is 9.53 Å². The van der Waals surface area contributed by atoms with E-state index < -0.39 is 5.60 Å². The van der Waals surface area contributed by atoms with Crippen LogP contribution in [0.1, 0.15) is 45.6 Å². The SMILES string of the molecule is CC(C)(C)OC(=O)NC1CCN(CCCc2ccccc2)CC1. The number of piperidine rings is 1. The first kappa shape index (κ1) is 17.8. The van der Waals surface area contributed by atoms with Gasteiger partial charge in [0, 0.05) is 19.1 Å². The summed E-state index contributed by atoms with van der Waals surface area (Å²) in [5.41, 5.74) is 0.983. The van der Waals surface area contributed by atoms with Gasteiger partial charge < -0.3 is 15.0 Å². The van der Waals surface area contributed by atoms with Gasteiger partial charge in [0.2, 0.25) is 0 Å². The number of benzene rings is 1. The Morgan fingerprint density at radius 1 is 1.22 bits per heavy atom. The molecule has 1 heterocycles. The fraction of sp³-hybridized carbons (Fsp3) is 0.632. The minimum atomic E-state index is -0.428. The maximum absolute atomic E-state index is 11.8. The Kier molecular flexibility index (Phi) is 6.46. The summed E-state index contributed by atoms with van der Waals surface area (Å²) in [6, 6.07) is 10.9. The molecule has 4 heteroatoms. The molecular formula is C19H30N2O2. The third-order valence-corrected chi connectivity index (χ3v) is 4.09. The monoisotopic (exact) mass is 318 g/mol. The highest BCUT2D eigenvalue weighted by Crippen LogP contribution is 2.13. The molecule has 1 aromatic carbocycles. The van der Waals surface area contributed by atoms with Crippen LogP contribution in [0.4, 0.5) is 4.79 Å². The molecular weight excluding hydrogens is 288 g/mol. The molecule has 0 unspecified atom stereocenters. The molecule has 0 bridgehead atoms. The van der Waals surface area contributed by atoms with Crippen molar-refractivity contribution >= 4 is 6.09 Å². The third-order valence-electron chi connectivity index (χ3n) is 4.09. The molecule has 128 valence electrons. The first-order valence-electron chi connectivity index (χ1n) is 8.68. The second-order valence-electron chi connectivity index (χ2n) is 7.35. The summed E-state index contributed by atoms with van der Waals surface area (Å²) in [6.07, 6.45) is 4.04. The highest BCUT2D eigenvalue weighted by atomic mass is 16.6. The molecule has 0 aromatic heterocycles. The van der Waals surface area contributed by atoms with E-state index in [-0.39, 0.29) is 12.1 Å². The summed E-state index contributed by atoms with van der Waals surface area (Å²) in [7, 11) is 0. The standard InChI is InChI=1S/C19H30N2O2/c1-19(2,3)23-18(22)20-17-11-14-21(15-12-17)13-7-10-16-8-5-4-6-9-16/h4-6,8-9,17H,7,10-15H2,1-3H3,(H,20,22). The second-order valence-corrected chi connectivity index (χ2v) is 7.35. The van der Waals surface area contributed by atoms with Gasteiger partial charge in [-0.15, -0.1) is 0 Å². The molecule has 0 atom stereocenters. The number of hydrogen-bond acceptors (Lipinski definition) is 3. The molecule has 1 aliphatic rings. The van der Waals surface area contributed by atoms with Crippen molar-refractivity contribution in [1.29, 1.82) is 0 Å². The van der Waals surface area contributed by atoms with Crippen LogP contribution in [0.2, 0.25) is 0 Å². The summed E-state index contributed by atoms with van der Waals surface area (Å²) in [6.45, 7) is 8.91. The smallest absolute Gasteiger partial charge is 0.407 e. The van der Waals surface area contributed by atoms with Gasteiger partial charge >= 0.3 is 6.09 Å². The van der Waals surface area contributed by atoms with E-state index in [0.29, 0.717) is 0 Å². The van der Waals surface area contributed by atoms with Crippen molar-refractivity contribution in [3.63, 3.8) is 0 Å². The summed E-state index contributed by atoms with van der Waals surface area (Å²) < 4.78 is 5.32. The lowest BCUT2D eigenvalue weighted by Gasteiger charge is -2.32. The molecule has 1 fully saturated rings. The number of alkyl carbamates (subject to hydrolysis) is 1. The predicted molar refractivity (Wildman–Crippen MR) is 93.6 cm³/mol. The van der Waals surface area contributed by atoms with Crippen LogP contribution in [0.5, 0.6) is 0 Å². The Balaban J connectivity index is 1.61. The first-order valence-corrected chi connectivity index (χ1v) is 8.68. The van der Waals surface area contributed by atoms with E-state index in [1.807, 2.05) is 20.8 Å². The maximum Gasteiger partial charge on any atom is 0.407 e. The van der Waals surface area contributed by atoms with Gasteiger partial charge in [-0.2, -0.15) is 0 Å². The molecule has 1 amide bonds. The average Bonchev–Trinajstić information content (AvgIpc) is 2.48.